The Labute approximate surface area is 80.4 Å². The van der Waals surface area contributed by atoms with E-state index in [9.17, 15) is 4.79 Å². The number of hydrogen-bond acceptors (Lipinski definition) is 2. The van der Waals surface area contributed by atoms with Crippen molar-refractivity contribution in [2.24, 2.45) is 0 Å². The fourth-order valence-corrected chi connectivity index (χ4v) is 1.26. The number of aromatic amines is 1. The van der Waals surface area contributed by atoms with Crippen molar-refractivity contribution in [3.8, 4) is 0 Å². The first kappa shape index (κ1) is 9.75. The average Bonchev–Trinajstić information content (AvgIpc) is 2.11. The highest BCUT2D eigenvalue weighted by Crippen LogP contribution is 2.16. The van der Waals surface area contributed by atoms with Gasteiger partial charge in [-0.1, -0.05) is 18.5 Å². The van der Waals surface area contributed by atoms with Gasteiger partial charge in [0.25, 0.3) is 6.54 Å². The van der Waals surface area contributed by atoms with Gasteiger partial charge in [0.05, 0.1) is 10.7 Å². The van der Waals surface area contributed by atoms with E-state index in [-0.39, 0.29) is 6.54 Å². The topological polar surface area (TPSA) is 50.1 Å². The van der Waals surface area contributed by atoms with Gasteiger partial charge in [-0.3, -0.25) is 0 Å². The molecule has 0 saturated carbocycles. The zero-order valence-electron chi connectivity index (χ0n) is 7.09. The Morgan fingerprint density at radius 1 is 1.69 bits per heavy atom. The number of nitrogens with one attached hydrogen (secondary N) is 1. The maximum atomic E-state index is 11.0. The molecule has 0 saturated heterocycles. The largest absolute Gasteiger partial charge is 0.345 e. The molecule has 0 aliphatic carbocycles. The number of nitrogens with zero attached hydrogens (tertiary/aromatic N) is 2. The Morgan fingerprint density at radius 3 is 2.92 bits per heavy atom. The predicted octanol–water partition coefficient (Wildman–Crippen LogP) is 1.40. The molecular formula is C8H8ClN3O. The van der Waals surface area contributed by atoms with Crippen LogP contribution in [0.25, 0.3) is 4.85 Å². The summed E-state index contributed by atoms with van der Waals surface area (Å²) in [6.07, 6.45) is 0.591. The van der Waals surface area contributed by atoms with Crippen LogP contribution >= 0.6 is 11.6 Å². The van der Waals surface area contributed by atoms with Gasteiger partial charge in [-0.15, -0.1) is 0 Å². The van der Waals surface area contributed by atoms with Crippen LogP contribution in [0.1, 0.15) is 18.3 Å². The third kappa shape index (κ3) is 2.07. The smallest absolute Gasteiger partial charge is 0.310 e. The summed E-state index contributed by atoms with van der Waals surface area (Å²) >= 11 is 5.88. The lowest BCUT2D eigenvalue weighted by atomic mass is 10.2. The quantitative estimate of drug-likeness (QED) is 0.729. The second-order valence-corrected chi connectivity index (χ2v) is 2.83. The molecule has 0 amide bonds. The molecule has 13 heavy (non-hydrogen) atoms. The van der Waals surface area contributed by atoms with Crippen molar-refractivity contribution in [1.82, 2.24) is 9.97 Å². The van der Waals surface area contributed by atoms with E-state index < -0.39 is 5.69 Å². The van der Waals surface area contributed by atoms with E-state index in [1.54, 1.807) is 0 Å². The van der Waals surface area contributed by atoms with Crippen molar-refractivity contribution in [3.63, 3.8) is 0 Å². The minimum absolute atomic E-state index is 0.0869. The molecule has 0 bridgehead atoms. The highest BCUT2D eigenvalue weighted by Gasteiger charge is 2.09. The van der Waals surface area contributed by atoms with Gasteiger partial charge in [0, 0.05) is 0 Å². The van der Waals surface area contributed by atoms with Crippen LogP contribution < -0.4 is 5.69 Å². The van der Waals surface area contributed by atoms with Gasteiger partial charge < -0.3 is 9.83 Å². The molecule has 0 atom stereocenters. The van der Waals surface area contributed by atoms with Gasteiger partial charge in [-0.05, 0) is 6.42 Å². The van der Waals surface area contributed by atoms with Gasteiger partial charge in [-0.2, -0.15) is 4.98 Å². The van der Waals surface area contributed by atoms with Crippen molar-refractivity contribution in [3.05, 3.63) is 38.3 Å². The summed E-state index contributed by atoms with van der Waals surface area (Å²) in [5.41, 5.74) is 0.553. The van der Waals surface area contributed by atoms with E-state index in [1.807, 2.05) is 6.92 Å². The van der Waals surface area contributed by atoms with E-state index in [0.717, 1.165) is 0 Å². The van der Waals surface area contributed by atoms with Crippen molar-refractivity contribution in [1.29, 1.82) is 0 Å². The zero-order chi connectivity index (χ0) is 9.84. The molecule has 0 aliphatic rings. The number of hydrogen-bond donors (Lipinski definition) is 1. The molecule has 5 heteroatoms. The molecule has 1 N–H and O–H groups in total. The van der Waals surface area contributed by atoms with Gasteiger partial charge in [0.1, 0.15) is 5.69 Å². The molecular weight excluding hydrogens is 190 g/mol. The second kappa shape index (κ2) is 4.06. The van der Waals surface area contributed by atoms with Gasteiger partial charge >= 0.3 is 5.69 Å². The number of halogens is 1. The summed E-state index contributed by atoms with van der Waals surface area (Å²) in [4.78, 5) is 20.2. The predicted molar refractivity (Wildman–Crippen MR) is 49.6 cm³/mol. The van der Waals surface area contributed by atoms with Crippen LogP contribution in [-0.2, 0) is 13.0 Å². The Kier molecular flexibility index (Phi) is 3.04. The molecule has 1 heterocycles. The van der Waals surface area contributed by atoms with E-state index in [0.29, 0.717) is 22.8 Å². The van der Waals surface area contributed by atoms with Crippen LogP contribution in [0.3, 0.4) is 0 Å². The first-order chi connectivity index (χ1) is 6.19. The molecule has 0 radical (unpaired) electrons. The molecule has 0 aliphatic heterocycles. The first-order valence-electron chi connectivity index (χ1n) is 3.79. The summed E-state index contributed by atoms with van der Waals surface area (Å²) in [7, 11) is 0. The van der Waals surface area contributed by atoms with Crippen LogP contribution in [0.15, 0.2) is 4.79 Å². The first-order valence-corrected chi connectivity index (χ1v) is 4.17. The maximum Gasteiger partial charge on any atom is 0.345 e. The van der Waals surface area contributed by atoms with E-state index >= 15 is 0 Å². The van der Waals surface area contributed by atoms with Crippen LogP contribution in [0, 0.1) is 6.57 Å². The van der Waals surface area contributed by atoms with Crippen LogP contribution in [0.4, 0.5) is 0 Å². The average molecular weight is 198 g/mol. The maximum absolute atomic E-state index is 11.0. The molecule has 0 fully saturated rings. The van der Waals surface area contributed by atoms with E-state index in [4.69, 9.17) is 18.2 Å². The minimum Gasteiger partial charge on any atom is -0.310 e. The van der Waals surface area contributed by atoms with Crippen LogP contribution in [-0.4, -0.2) is 9.97 Å². The van der Waals surface area contributed by atoms with Crippen molar-refractivity contribution < 1.29 is 0 Å². The van der Waals surface area contributed by atoms with Gasteiger partial charge in [0.15, 0.2) is 0 Å². The summed E-state index contributed by atoms with van der Waals surface area (Å²) < 4.78 is 0. The monoisotopic (exact) mass is 197 g/mol. The third-order valence-corrected chi connectivity index (χ3v) is 2.03. The van der Waals surface area contributed by atoms with Gasteiger partial charge in [0.2, 0.25) is 0 Å². The summed E-state index contributed by atoms with van der Waals surface area (Å²) in [6, 6.07) is 0. The summed E-state index contributed by atoms with van der Waals surface area (Å²) in [6.45, 7) is 8.60. The van der Waals surface area contributed by atoms with Crippen molar-refractivity contribution in [2.75, 3.05) is 0 Å². The lowest BCUT2D eigenvalue weighted by molar-refractivity contribution is 0.915. The van der Waals surface area contributed by atoms with E-state index in [1.165, 1.54) is 0 Å². The Hall–Kier alpha value is -1.34. The summed E-state index contributed by atoms with van der Waals surface area (Å²) in [5, 5.41) is 0.401. The van der Waals surface area contributed by atoms with Crippen LogP contribution in [0.5, 0.6) is 0 Å². The number of aryl methyl sites for hydroxylation is 1. The molecule has 1 aromatic rings. The highest BCUT2D eigenvalue weighted by atomic mass is 35.5. The fourth-order valence-electron chi connectivity index (χ4n) is 0.980. The Balaban J connectivity index is 3.29. The molecule has 0 aromatic carbocycles. The molecule has 1 aromatic heterocycles. The number of aromatic nitrogens is 2. The Bertz CT molecular complexity index is 405. The lowest BCUT2D eigenvalue weighted by Crippen LogP contribution is -2.15. The van der Waals surface area contributed by atoms with Crippen LogP contribution in [0.2, 0.25) is 5.02 Å². The highest BCUT2D eigenvalue weighted by molar-refractivity contribution is 6.31. The Morgan fingerprint density at radius 2 is 2.38 bits per heavy atom. The van der Waals surface area contributed by atoms with Crippen molar-refractivity contribution in [2.45, 2.75) is 19.9 Å². The second-order valence-electron chi connectivity index (χ2n) is 2.45. The molecule has 1 rings (SSSR count). The standard InChI is InChI=1S/C8H8ClN3O/c1-3-5-7(9)6(4-10-2)12-8(13)11-5/h3-4H2,1H3,(H,11,12,13). The SMILES string of the molecule is [C-]#[N+]Cc1[nH]c(=O)nc(CC)c1Cl. The third-order valence-electron chi connectivity index (χ3n) is 1.58. The molecule has 0 unspecified atom stereocenters. The lowest BCUT2D eigenvalue weighted by Gasteiger charge is -2.00. The number of rotatable bonds is 2. The molecule has 4 nitrogen and oxygen atoms in total. The minimum atomic E-state index is -0.445. The normalized spacial score (nSPS) is 9.62. The zero-order valence-corrected chi connectivity index (χ0v) is 7.85. The molecule has 0 spiro atoms. The fraction of sp³-hybridized carbons (Fsp3) is 0.375. The van der Waals surface area contributed by atoms with Crippen molar-refractivity contribution >= 4 is 11.6 Å². The molecule has 68 valence electrons. The van der Waals surface area contributed by atoms with Gasteiger partial charge in [-0.25, -0.2) is 11.4 Å². The summed E-state index contributed by atoms with van der Waals surface area (Å²) in [5.74, 6) is 0. The van der Waals surface area contributed by atoms with E-state index in [2.05, 4.69) is 14.8 Å². The number of H-pyrrole nitrogens is 1.